The molecular weight excluding hydrogens is 268 g/mol. The summed E-state index contributed by atoms with van der Waals surface area (Å²) >= 11 is 6.12. The zero-order chi connectivity index (χ0) is 13.8. The van der Waals surface area contributed by atoms with Gasteiger partial charge in [0.25, 0.3) is 0 Å². The number of benzene rings is 1. The number of aliphatic carboxylic acids is 1. The Hall–Kier alpha value is -1.75. The number of nitrogens with zero attached hydrogens (tertiary/aromatic N) is 1. The van der Waals surface area contributed by atoms with Crippen LogP contribution in [0.2, 0.25) is 5.02 Å². The lowest BCUT2D eigenvalue weighted by Gasteiger charge is -2.29. The van der Waals surface area contributed by atoms with Crippen LogP contribution in [0.4, 0.5) is 4.79 Å². The minimum absolute atomic E-state index is 0.0725. The fourth-order valence-corrected chi connectivity index (χ4v) is 2.36. The fraction of sp³-hybridized carbons (Fsp3) is 0.385. The second-order valence-corrected chi connectivity index (χ2v) is 4.83. The van der Waals surface area contributed by atoms with Gasteiger partial charge in [-0.15, -0.1) is 0 Å². The van der Waals surface area contributed by atoms with Gasteiger partial charge in [0.2, 0.25) is 0 Å². The van der Waals surface area contributed by atoms with E-state index in [1.807, 2.05) is 18.2 Å². The highest BCUT2D eigenvalue weighted by Crippen LogP contribution is 2.25. The minimum Gasteiger partial charge on any atom is -0.481 e. The summed E-state index contributed by atoms with van der Waals surface area (Å²) in [6.45, 7) is 1.22. The molecule has 0 fully saturated rings. The third kappa shape index (κ3) is 3.38. The van der Waals surface area contributed by atoms with Crippen LogP contribution in [0.15, 0.2) is 18.2 Å². The predicted molar refractivity (Wildman–Crippen MR) is 71.2 cm³/mol. The van der Waals surface area contributed by atoms with E-state index in [-0.39, 0.29) is 19.0 Å². The lowest BCUT2D eigenvalue weighted by atomic mass is 10.00. The Kier molecular flexibility index (Phi) is 4.27. The number of hydrogen-bond donors (Lipinski definition) is 2. The smallest absolute Gasteiger partial charge is 0.317 e. The SMILES string of the molecule is O=C(O)CCNC(=O)N1CCc2cccc(Cl)c2C1. The summed E-state index contributed by atoms with van der Waals surface area (Å²) in [7, 11) is 0. The van der Waals surface area contributed by atoms with E-state index in [0.29, 0.717) is 18.1 Å². The highest BCUT2D eigenvalue weighted by Gasteiger charge is 2.21. The maximum absolute atomic E-state index is 11.9. The minimum atomic E-state index is -0.924. The molecule has 0 spiro atoms. The van der Waals surface area contributed by atoms with Crippen molar-refractivity contribution < 1.29 is 14.7 Å². The predicted octanol–water partition coefficient (Wildman–Crippen LogP) is 1.88. The van der Waals surface area contributed by atoms with E-state index in [1.165, 1.54) is 5.56 Å². The molecule has 0 bridgehead atoms. The summed E-state index contributed by atoms with van der Waals surface area (Å²) in [6, 6.07) is 5.49. The van der Waals surface area contributed by atoms with Crippen molar-refractivity contribution in [3.63, 3.8) is 0 Å². The third-order valence-electron chi connectivity index (χ3n) is 3.12. The van der Waals surface area contributed by atoms with Crippen LogP contribution in [0, 0.1) is 0 Å². The molecular formula is C13H15ClN2O3. The molecule has 0 atom stereocenters. The van der Waals surface area contributed by atoms with Crippen molar-refractivity contribution in [1.82, 2.24) is 10.2 Å². The molecule has 0 saturated carbocycles. The maximum Gasteiger partial charge on any atom is 0.317 e. The lowest BCUT2D eigenvalue weighted by molar-refractivity contribution is -0.136. The molecule has 0 aliphatic carbocycles. The first-order valence-electron chi connectivity index (χ1n) is 6.09. The van der Waals surface area contributed by atoms with Crippen LogP contribution >= 0.6 is 11.6 Å². The monoisotopic (exact) mass is 282 g/mol. The largest absolute Gasteiger partial charge is 0.481 e. The molecule has 2 rings (SSSR count). The van der Waals surface area contributed by atoms with E-state index < -0.39 is 5.97 Å². The van der Waals surface area contributed by atoms with Gasteiger partial charge < -0.3 is 15.3 Å². The molecule has 5 nitrogen and oxygen atoms in total. The lowest BCUT2D eigenvalue weighted by Crippen LogP contribution is -2.43. The number of rotatable bonds is 3. The Balaban J connectivity index is 1.95. The molecule has 19 heavy (non-hydrogen) atoms. The van der Waals surface area contributed by atoms with Crippen molar-refractivity contribution in [1.29, 1.82) is 0 Å². The molecule has 1 aromatic carbocycles. The number of fused-ring (bicyclic) bond motifs is 1. The van der Waals surface area contributed by atoms with Gasteiger partial charge >= 0.3 is 12.0 Å². The molecule has 2 amide bonds. The molecule has 1 aromatic rings. The maximum atomic E-state index is 11.9. The summed E-state index contributed by atoms with van der Waals surface area (Å²) in [5.74, 6) is -0.924. The van der Waals surface area contributed by atoms with E-state index in [1.54, 1.807) is 4.90 Å². The van der Waals surface area contributed by atoms with Gasteiger partial charge in [0.1, 0.15) is 0 Å². The highest BCUT2D eigenvalue weighted by atomic mass is 35.5. The molecule has 0 aromatic heterocycles. The van der Waals surface area contributed by atoms with Crippen molar-refractivity contribution in [2.75, 3.05) is 13.1 Å². The van der Waals surface area contributed by atoms with Gasteiger partial charge in [-0.2, -0.15) is 0 Å². The number of carbonyl (C=O) groups excluding carboxylic acids is 1. The van der Waals surface area contributed by atoms with Crippen LogP contribution in [-0.2, 0) is 17.8 Å². The van der Waals surface area contributed by atoms with Crippen molar-refractivity contribution in [2.24, 2.45) is 0 Å². The van der Waals surface area contributed by atoms with Gasteiger partial charge in [-0.3, -0.25) is 4.79 Å². The highest BCUT2D eigenvalue weighted by molar-refractivity contribution is 6.31. The summed E-state index contributed by atoms with van der Waals surface area (Å²) < 4.78 is 0. The number of nitrogens with one attached hydrogen (secondary N) is 1. The van der Waals surface area contributed by atoms with Gasteiger partial charge in [0, 0.05) is 24.7 Å². The van der Waals surface area contributed by atoms with E-state index in [2.05, 4.69) is 5.32 Å². The molecule has 0 unspecified atom stereocenters. The molecule has 1 aliphatic heterocycles. The molecule has 102 valence electrons. The van der Waals surface area contributed by atoms with E-state index in [0.717, 1.165) is 12.0 Å². The second-order valence-electron chi connectivity index (χ2n) is 4.42. The molecule has 1 heterocycles. The number of urea groups is 1. The van der Waals surface area contributed by atoms with Crippen LogP contribution in [0.1, 0.15) is 17.5 Å². The number of carboxylic acid groups (broad SMARTS) is 1. The van der Waals surface area contributed by atoms with Crippen molar-refractivity contribution in [2.45, 2.75) is 19.4 Å². The zero-order valence-electron chi connectivity index (χ0n) is 10.4. The quantitative estimate of drug-likeness (QED) is 0.889. The van der Waals surface area contributed by atoms with Gasteiger partial charge in [-0.1, -0.05) is 23.7 Å². The first kappa shape index (κ1) is 13.7. The summed E-state index contributed by atoms with van der Waals surface area (Å²) in [6.07, 6.45) is 0.694. The third-order valence-corrected chi connectivity index (χ3v) is 3.47. The number of carbonyl (C=O) groups is 2. The Morgan fingerprint density at radius 2 is 2.21 bits per heavy atom. The van der Waals surface area contributed by atoms with Crippen LogP contribution in [0.3, 0.4) is 0 Å². The van der Waals surface area contributed by atoms with E-state index in [9.17, 15) is 9.59 Å². The molecule has 0 radical (unpaired) electrons. The molecule has 6 heteroatoms. The Bertz CT molecular complexity index is 505. The number of carboxylic acids is 1. The van der Waals surface area contributed by atoms with Gasteiger partial charge in [-0.25, -0.2) is 4.79 Å². The first-order valence-corrected chi connectivity index (χ1v) is 6.46. The average molecular weight is 283 g/mol. The number of hydrogen-bond acceptors (Lipinski definition) is 2. The van der Waals surface area contributed by atoms with Crippen LogP contribution in [-0.4, -0.2) is 35.1 Å². The van der Waals surface area contributed by atoms with E-state index in [4.69, 9.17) is 16.7 Å². The van der Waals surface area contributed by atoms with Crippen molar-refractivity contribution >= 4 is 23.6 Å². The first-order chi connectivity index (χ1) is 9.08. The van der Waals surface area contributed by atoms with Crippen molar-refractivity contribution in [3.8, 4) is 0 Å². The molecule has 2 N–H and O–H groups in total. The topological polar surface area (TPSA) is 69.6 Å². The van der Waals surface area contributed by atoms with Crippen LogP contribution < -0.4 is 5.32 Å². The van der Waals surface area contributed by atoms with Crippen LogP contribution in [0.25, 0.3) is 0 Å². The Morgan fingerprint density at radius 3 is 2.95 bits per heavy atom. The second kappa shape index (κ2) is 5.93. The summed E-state index contributed by atoms with van der Waals surface area (Å²) in [5, 5.41) is 11.8. The summed E-state index contributed by atoms with van der Waals surface area (Å²) in [5.41, 5.74) is 2.14. The average Bonchev–Trinajstić information content (AvgIpc) is 2.38. The van der Waals surface area contributed by atoms with Gasteiger partial charge in [-0.05, 0) is 23.6 Å². The molecule has 0 saturated heterocycles. The standard InChI is InChI=1S/C13H15ClN2O3/c14-11-3-1-2-9-5-7-16(8-10(9)11)13(19)15-6-4-12(17)18/h1-3H,4-8H2,(H,15,19)(H,17,18). The van der Waals surface area contributed by atoms with Gasteiger partial charge in [0.05, 0.1) is 6.42 Å². The number of halogens is 1. The van der Waals surface area contributed by atoms with Crippen molar-refractivity contribution in [3.05, 3.63) is 34.3 Å². The molecule has 1 aliphatic rings. The van der Waals surface area contributed by atoms with Gasteiger partial charge in [0.15, 0.2) is 0 Å². The Morgan fingerprint density at radius 1 is 1.42 bits per heavy atom. The normalized spacial score (nSPS) is 13.8. The fourth-order valence-electron chi connectivity index (χ4n) is 2.10. The van der Waals surface area contributed by atoms with Crippen LogP contribution in [0.5, 0.6) is 0 Å². The van der Waals surface area contributed by atoms with E-state index >= 15 is 0 Å². The zero-order valence-corrected chi connectivity index (χ0v) is 11.1. The number of amides is 2. The summed E-state index contributed by atoms with van der Waals surface area (Å²) in [4.78, 5) is 23.9. The Labute approximate surface area is 116 Å².